The van der Waals surface area contributed by atoms with Crippen LogP contribution in [-0.4, -0.2) is 27.7 Å². The fourth-order valence-corrected chi connectivity index (χ4v) is 1.44. The molecule has 0 amide bonds. The van der Waals surface area contributed by atoms with Crippen LogP contribution in [0.25, 0.3) is 0 Å². The molecule has 5 heteroatoms. The van der Waals surface area contributed by atoms with Gasteiger partial charge in [0, 0.05) is 18.7 Å². The predicted molar refractivity (Wildman–Crippen MR) is 60.6 cm³/mol. The van der Waals surface area contributed by atoms with E-state index in [-0.39, 0.29) is 18.1 Å². The van der Waals surface area contributed by atoms with Gasteiger partial charge in [0.2, 0.25) is 5.95 Å². The molecule has 0 saturated carbocycles. The second-order valence-electron chi connectivity index (χ2n) is 4.80. The van der Waals surface area contributed by atoms with Crippen LogP contribution in [0.5, 0.6) is 0 Å². The number of aromatic nitrogens is 2. The molecule has 90 valence electrons. The van der Waals surface area contributed by atoms with Crippen LogP contribution >= 0.6 is 0 Å². The third kappa shape index (κ3) is 3.73. The lowest BCUT2D eigenvalue weighted by Crippen LogP contribution is -2.35. The molecular formula is C11H18FN3O. The summed E-state index contributed by atoms with van der Waals surface area (Å²) in [7, 11) is 0. The summed E-state index contributed by atoms with van der Waals surface area (Å²) < 4.78 is 12.9. The minimum Gasteiger partial charge on any atom is -0.396 e. The molecule has 16 heavy (non-hydrogen) atoms. The molecule has 0 aliphatic rings. The monoisotopic (exact) mass is 227 g/mol. The number of nitrogens with zero attached hydrogens (tertiary/aromatic N) is 2. The Morgan fingerprint density at radius 1 is 1.44 bits per heavy atom. The van der Waals surface area contributed by atoms with Gasteiger partial charge in [-0.25, -0.2) is 9.97 Å². The van der Waals surface area contributed by atoms with Crippen molar-refractivity contribution in [3.63, 3.8) is 0 Å². The molecular weight excluding hydrogens is 209 g/mol. The average Bonchev–Trinajstić information content (AvgIpc) is 2.16. The summed E-state index contributed by atoms with van der Waals surface area (Å²) in [6.07, 6.45) is 1.77. The van der Waals surface area contributed by atoms with E-state index in [4.69, 9.17) is 5.11 Å². The average molecular weight is 227 g/mol. The van der Waals surface area contributed by atoms with Gasteiger partial charge in [0.05, 0.1) is 0 Å². The maximum Gasteiger partial charge on any atom is 0.217 e. The summed E-state index contributed by atoms with van der Waals surface area (Å²) in [5, 5.41) is 12.1. The SMILES string of the molecule is CC(C)(C)C(CCO)Nc1cc(F)ncn1. The number of hydrogen-bond acceptors (Lipinski definition) is 4. The first kappa shape index (κ1) is 12.8. The number of nitrogens with one attached hydrogen (secondary N) is 1. The van der Waals surface area contributed by atoms with Crippen molar-refractivity contribution in [1.29, 1.82) is 0 Å². The lowest BCUT2D eigenvalue weighted by Gasteiger charge is -2.31. The van der Waals surface area contributed by atoms with Crippen LogP contribution < -0.4 is 5.32 Å². The van der Waals surface area contributed by atoms with E-state index < -0.39 is 5.95 Å². The van der Waals surface area contributed by atoms with Gasteiger partial charge in [-0.05, 0) is 11.8 Å². The van der Waals surface area contributed by atoms with E-state index in [1.807, 2.05) is 0 Å². The van der Waals surface area contributed by atoms with Gasteiger partial charge in [0.25, 0.3) is 0 Å². The zero-order valence-electron chi connectivity index (χ0n) is 9.87. The van der Waals surface area contributed by atoms with Gasteiger partial charge < -0.3 is 10.4 Å². The Balaban J connectivity index is 2.76. The Labute approximate surface area is 94.9 Å². The molecule has 1 heterocycles. The quantitative estimate of drug-likeness (QED) is 0.770. The van der Waals surface area contributed by atoms with Crippen LogP contribution in [0.3, 0.4) is 0 Å². The van der Waals surface area contributed by atoms with E-state index in [2.05, 4.69) is 36.1 Å². The molecule has 4 nitrogen and oxygen atoms in total. The Bertz CT molecular complexity index is 338. The van der Waals surface area contributed by atoms with Crippen molar-refractivity contribution in [3.05, 3.63) is 18.3 Å². The zero-order chi connectivity index (χ0) is 12.2. The topological polar surface area (TPSA) is 58.0 Å². The highest BCUT2D eigenvalue weighted by Gasteiger charge is 2.24. The maximum atomic E-state index is 12.9. The summed E-state index contributed by atoms with van der Waals surface area (Å²) in [5.41, 5.74) is -0.0375. The maximum absolute atomic E-state index is 12.9. The molecule has 0 bridgehead atoms. The molecule has 0 aromatic carbocycles. The second kappa shape index (κ2) is 5.21. The van der Waals surface area contributed by atoms with E-state index >= 15 is 0 Å². The highest BCUT2D eigenvalue weighted by Crippen LogP contribution is 2.24. The molecule has 1 rings (SSSR count). The molecule has 0 fully saturated rings. The van der Waals surface area contributed by atoms with Gasteiger partial charge >= 0.3 is 0 Å². The fraction of sp³-hybridized carbons (Fsp3) is 0.636. The summed E-state index contributed by atoms with van der Waals surface area (Å²) in [4.78, 5) is 7.32. The minimum atomic E-state index is -0.561. The Kier molecular flexibility index (Phi) is 4.18. The van der Waals surface area contributed by atoms with Crippen molar-refractivity contribution >= 4 is 5.82 Å². The van der Waals surface area contributed by atoms with Crippen LogP contribution in [0, 0.1) is 11.4 Å². The Hall–Kier alpha value is -1.23. The highest BCUT2D eigenvalue weighted by molar-refractivity contribution is 5.34. The van der Waals surface area contributed by atoms with Gasteiger partial charge in [-0.3, -0.25) is 0 Å². The number of hydrogen-bond donors (Lipinski definition) is 2. The van der Waals surface area contributed by atoms with Crippen LogP contribution in [0.15, 0.2) is 12.4 Å². The number of halogens is 1. The molecule has 2 N–H and O–H groups in total. The van der Waals surface area contributed by atoms with E-state index in [1.165, 1.54) is 12.4 Å². The first-order valence-corrected chi connectivity index (χ1v) is 5.28. The predicted octanol–water partition coefficient (Wildman–Crippen LogP) is 1.82. The first-order chi connectivity index (χ1) is 7.43. The summed E-state index contributed by atoms with van der Waals surface area (Å²) >= 11 is 0. The number of anilines is 1. The zero-order valence-corrected chi connectivity index (χ0v) is 9.87. The fourth-order valence-electron chi connectivity index (χ4n) is 1.44. The summed E-state index contributed by atoms with van der Waals surface area (Å²) in [6.45, 7) is 6.25. The van der Waals surface area contributed by atoms with Gasteiger partial charge in [-0.15, -0.1) is 0 Å². The van der Waals surface area contributed by atoms with Gasteiger partial charge in [0.1, 0.15) is 12.1 Å². The van der Waals surface area contributed by atoms with E-state index in [9.17, 15) is 4.39 Å². The third-order valence-electron chi connectivity index (χ3n) is 2.42. The normalized spacial score (nSPS) is 13.6. The van der Waals surface area contributed by atoms with Gasteiger partial charge in [-0.2, -0.15) is 4.39 Å². The van der Waals surface area contributed by atoms with Crippen LogP contribution in [0.1, 0.15) is 27.2 Å². The molecule has 0 aliphatic carbocycles. The first-order valence-electron chi connectivity index (χ1n) is 5.28. The smallest absolute Gasteiger partial charge is 0.217 e. The summed E-state index contributed by atoms with van der Waals surface area (Å²) in [6, 6.07) is 1.28. The molecule has 0 spiro atoms. The van der Waals surface area contributed by atoms with Gasteiger partial charge in [-0.1, -0.05) is 20.8 Å². The van der Waals surface area contributed by atoms with Crippen molar-refractivity contribution in [1.82, 2.24) is 9.97 Å². The Morgan fingerprint density at radius 2 is 2.12 bits per heavy atom. The van der Waals surface area contributed by atoms with Crippen molar-refractivity contribution in [2.45, 2.75) is 33.2 Å². The van der Waals surface area contributed by atoms with Crippen molar-refractivity contribution in [3.8, 4) is 0 Å². The number of aliphatic hydroxyl groups is 1. The Morgan fingerprint density at radius 3 is 2.62 bits per heavy atom. The van der Waals surface area contributed by atoms with Crippen molar-refractivity contribution in [2.75, 3.05) is 11.9 Å². The summed E-state index contributed by atoms with van der Waals surface area (Å²) in [5.74, 6) is -0.116. The lowest BCUT2D eigenvalue weighted by atomic mass is 9.85. The minimum absolute atomic E-state index is 0.0341. The van der Waals surface area contributed by atoms with Crippen LogP contribution in [0.2, 0.25) is 0 Å². The second-order valence-corrected chi connectivity index (χ2v) is 4.80. The molecule has 1 unspecified atom stereocenters. The van der Waals surface area contributed by atoms with Crippen molar-refractivity contribution in [2.24, 2.45) is 5.41 Å². The standard InChI is InChI=1S/C11H18FN3O/c1-11(2,3)8(4-5-16)15-10-6-9(12)13-7-14-10/h6-8,16H,4-5H2,1-3H3,(H,13,14,15). The number of rotatable bonds is 4. The number of aliphatic hydroxyl groups excluding tert-OH is 1. The largest absolute Gasteiger partial charge is 0.396 e. The molecule has 0 aliphatic heterocycles. The van der Waals surface area contributed by atoms with Crippen LogP contribution in [0.4, 0.5) is 10.2 Å². The molecule has 0 saturated heterocycles. The van der Waals surface area contributed by atoms with E-state index in [0.717, 1.165) is 0 Å². The molecule has 0 radical (unpaired) electrons. The molecule has 1 aromatic rings. The van der Waals surface area contributed by atoms with Crippen molar-refractivity contribution < 1.29 is 9.50 Å². The third-order valence-corrected chi connectivity index (χ3v) is 2.42. The molecule has 1 atom stereocenters. The highest BCUT2D eigenvalue weighted by atomic mass is 19.1. The molecule has 1 aromatic heterocycles. The van der Waals surface area contributed by atoms with Gasteiger partial charge in [0.15, 0.2) is 0 Å². The van der Waals surface area contributed by atoms with E-state index in [0.29, 0.717) is 12.2 Å². The van der Waals surface area contributed by atoms with E-state index in [1.54, 1.807) is 0 Å². The lowest BCUT2D eigenvalue weighted by molar-refractivity contribution is 0.235. The van der Waals surface area contributed by atoms with Crippen LogP contribution in [-0.2, 0) is 0 Å².